The van der Waals surface area contributed by atoms with Crippen LogP contribution < -0.4 is 0 Å². The van der Waals surface area contributed by atoms with Crippen LogP contribution in [0.1, 0.15) is 85.0 Å². The summed E-state index contributed by atoms with van der Waals surface area (Å²) < 4.78 is 48.7. The highest BCUT2D eigenvalue weighted by Gasteiger charge is 2.03. The second-order valence-corrected chi connectivity index (χ2v) is 10.0. The van der Waals surface area contributed by atoms with Crippen molar-refractivity contribution in [1.29, 1.82) is 0 Å². The Kier molecular flexibility index (Phi) is 34.6. The predicted molar refractivity (Wildman–Crippen MR) is 160 cm³/mol. The second-order valence-electron chi connectivity index (χ2n) is 10.0. The van der Waals surface area contributed by atoms with E-state index in [9.17, 15) is 4.79 Å². The number of carbonyl (C=O) groups is 1. The van der Waals surface area contributed by atoms with Crippen LogP contribution in [0.5, 0.6) is 0 Å². The third kappa shape index (κ3) is 37.1. The fraction of sp³-hybridized carbons (Fsp3) is 0.968. The van der Waals surface area contributed by atoms with E-state index in [-0.39, 0.29) is 12.1 Å². The van der Waals surface area contributed by atoms with Gasteiger partial charge in [0.1, 0.15) is 6.61 Å². The van der Waals surface area contributed by atoms with Gasteiger partial charge in [-0.25, -0.2) is 0 Å². The lowest BCUT2D eigenvalue weighted by atomic mass is 10.1. The summed E-state index contributed by atoms with van der Waals surface area (Å²) in [5, 5.41) is 0. The van der Waals surface area contributed by atoms with Gasteiger partial charge < -0.3 is 42.6 Å². The molecule has 0 aromatic carbocycles. The number of esters is 1. The Morgan fingerprint density at radius 3 is 1.12 bits per heavy atom. The van der Waals surface area contributed by atoms with Gasteiger partial charge in [0.2, 0.25) is 0 Å². The maximum absolute atomic E-state index is 11.7. The number of ether oxygens (including phenoxy) is 9. The van der Waals surface area contributed by atoms with Gasteiger partial charge in [0.15, 0.2) is 0 Å². The van der Waals surface area contributed by atoms with Crippen molar-refractivity contribution in [2.45, 2.75) is 91.1 Å². The molecule has 0 aliphatic carbocycles. The Morgan fingerprint density at radius 2 is 0.756 bits per heavy atom. The lowest BCUT2D eigenvalue weighted by Crippen LogP contribution is -2.15. The quantitative estimate of drug-likeness (QED) is 0.0737. The Balaban J connectivity index is 3.12. The molecule has 0 N–H and O–H groups in total. The van der Waals surface area contributed by atoms with E-state index in [1.807, 2.05) is 13.8 Å². The smallest absolute Gasteiger partial charge is 0.305 e. The lowest BCUT2D eigenvalue weighted by molar-refractivity contribution is -0.145. The molecule has 0 aromatic rings. The summed E-state index contributed by atoms with van der Waals surface area (Å²) in [6, 6.07) is 0. The number of hydrogen-bond donors (Lipinski definition) is 0. The fourth-order valence-corrected chi connectivity index (χ4v) is 3.63. The summed E-state index contributed by atoms with van der Waals surface area (Å²) in [5.41, 5.74) is 0. The van der Waals surface area contributed by atoms with Crippen molar-refractivity contribution in [3.05, 3.63) is 0 Å². The molecule has 0 fully saturated rings. The van der Waals surface area contributed by atoms with Gasteiger partial charge in [-0.05, 0) is 20.3 Å². The maximum Gasteiger partial charge on any atom is 0.305 e. The van der Waals surface area contributed by atoms with E-state index < -0.39 is 0 Å². The molecule has 10 heteroatoms. The first-order valence-corrected chi connectivity index (χ1v) is 16.0. The first-order chi connectivity index (χ1) is 20.2. The lowest BCUT2D eigenvalue weighted by Gasteiger charge is -2.09. The normalized spacial score (nSPS) is 11.5. The van der Waals surface area contributed by atoms with Crippen LogP contribution in [0, 0.1) is 0 Å². The number of hydrogen-bond acceptors (Lipinski definition) is 10. The molecule has 0 amide bonds. The number of unbranched alkanes of at least 4 members (excludes halogenated alkanes) is 8. The van der Waals surface area contributed by atoms with Crippen molar-refractivity contribution in [2.24, 2.45) is 0 Å². The molecule has 0 spiro atoms. The highest BCUT2D eigenvalue weighted by Crippen LogP contribution is 2.10. The Labute approximate surface area is 250 Å². The summed E-state index contributed by atoms with van der Waals surface area (Å²) in [5.74, 6) is -0.132. The van der Waals surface area contributed by atoms with Crippen molar-refractivity contribution in [2.75, 3.05) is 106 Å². The van der Waals surface area contributed by atoms with Crippen molar-refractivity contribution in [3.8, 4) is 0 Å². The molecule has 10 nitrogen and oxygen atoms in total. The molecule has 0 aliphatic heterocycles. The summed E-state index contributed by atoms with van der Waals surface area (Å²) in [6.45, 7) is 14.3. The summed E-state index contributed by atoms with van der Waals surface area (Å²) in [4.78, 5) is 11.7. The van der Waals surface area contributed by atoms with Gasteiger partial charge in [-0.3, -0.25) is 4.79 Å². The molecule has 0 bridgehead atoms. The molecule has 0 aromatic heterocycles. The van der Waals surface area contributed by atoms with Crippen LogP contribution in [0.3, 0.4) is 0 Å². The zero-order valence-electron chi connectivity index (χ0n) is 26.5. The molecule has 0 atom stereocenters. The van der Waals surface area contributed by atoms with Gasteiger partial charge in [-0.1, -0.05) is 58.3 Å². The minimum Gasteiger partial charge on any atom is -0.463 e. The van der Waals surface area contributed by atoms with Crippen LogP contribution in [-0.2, 0) is 47.4 Å². The molecule has 0 unspecified atom stereocenters. The fourth-order valence-electron chi connectivity index (χ4n) is 3.63. The molecule has 0 saturated heterocycles. The van der Waals surface area contributed by atoms with Crippen molar-refractivity contribution < 1.29 is 47.4 Å². The third-order valence-corrected chi connectivity index (χ3v) is 5.89. The van der Waals surface area contributed by atoms with E-state index in [0.717, 1.165) is 12.8 Å². The van der Waals surface area contributed by atoms with Crippen LogP contribution in [0.15, 0.2) is 0 Å². The zero-order valence-corrected chi connectivity index (χ0v) is 26.5. The van der Waals surface area contributed by atoms with E-state index >= 15 is 0 Å². The van der Waals surface area contributed by atoms with Crippen LogP contribution in [0.25, 0.3) is 0 Å². The van der Waals surface area contributed by atoms with Crippen LogP contribution in [0.4, 0.5) is 0 Å². The van der Waals surface area contributed by atoms with E-state index in [2.05, 4.69) is 6.92 Å². The summed E-state index contributed by atoms with van der Waals surface area (Å²) in [7, 11) is 0. The molecule has 246 valence electrons. The minimum atomic E-state index is -0.132. The van der Waals surface area contributed by atoms with E-state index in [0.29, 0.717) is 112 Å². The van der Waals surface area contributed by atoms with E-state index in [4.69, 9.17) is 42.6 Å². The van der Waals surface area contributed by atoms with Crippen molar-refractivity contribution in [3.63, 3.8) is 0 Å². The van der Waals surface area contributed by atoms with Gasteiger partial charge in [0.25, 0.3) is 0 Å². The van der Waals surface area contributed by atoms with Gasteiger partial charge in [0, 0.05) is 6.42 Å². The van der Waals surface area contributed by atoms with Crippen molar-refractivity contribution in [1.82, 2.24) is 0 Å². The first kappa shape index (κ1) is 40.1. The molecular weight excluding hydrogens is 532 g/mol. The standard InChI is InChI=1S/C31H62O10/c1-4-5-6-7-8-9-10-11-12-13-31(32)41-29-27-39-25-23-37-21-19-35-17-15-33-14-16-34-18-20-36-22-24-38-26-28-40-30(2)3/h30H,4-29H2,1-3H3. The summed E-state index contributed by atoms with van der Waals surface area (Å²) in [6.07, 6.45) is 11.9. The molecular formula is C31H62O10. The molecule has 0 rings (SSSR count). The van der Waals surface area contributed by atoms with Gasteiger partial charge in [-0.15, -0.1) is 0 Å². The predicted octanol–water partition coefficient (Wildman–Crippen LogP) is 4.99. The van der Waals surface area contributed by atoms with Gasteiger partial charge in [0.05, 0.1) is 105 Å². The topological polar surface area (TPSA) is 100 Å². The molecule has 0 heterocycles. The molecule has 0 aliphatic rings. The zero-order chi connectivity index (χ0) is 29.9. The van der Waals surface area contributed by atoms with Crippen LogP contribution >= 0.6 is 0 Å². The summed E-state index contributed by atoms with van der Waals surface area (Å²) >= 11 is 0. The SMILES string of the molecule is CCCCCCCCCCCC(=O)OCCOCCOCCOCCOCCOCCOCCOCCOC(C)C. The Bertz CT molecular complexity index is 507. The number of carbonyl (C=O) groups excluding carboxylic acids is 1. The first-order valence-electron chi connectivity index (χ1n) is 16.0. The molecule has 41 heavy (non-hydrogen) atoms. The highest BCUT2D eigenvalue weighted by atomic mass is 16.6. The van der Waals surface area contributed by atoms with E-state index in [1.165, 1.54) is 44.9 Å². The van der Waals surface area contributed by atoms with Gasteiger partial charge in [-0.2, -0.15) is 0 Å². The Morgan fingerprint density at radius 1 is 0.439 bits per heavy atom. The average Bonchev–Trinajstić information content (AvgIpc) is 2.96. The molecule has 0 saturated carbocycles. The third-order valence-electron chi connectivity index (χ3n) is 5.89. The molecule has 0 radical (unpaired) electrons. The highest BCUT2D eigenvalue weighted by molar-refractivity contribution is 5.69. The largest absolute Gasteiger partial charge is 0.463 e. The van der Waals surface area contributed by atoms with E-state index in [1.54, 1.807) is 0 Å². The maximum atomic E-state index is 11.7. The van der Waals surface area contributed by atoms with Crippen LogP contribution in [-0.4, -0.2) is 118 Å². The second kappa shape index (κ2) is 35.3. The average molecular weight is 595 g/mol. The minimum absolute atomic E-state index is 0.132. The van der Waals surface area contributed by atoms with Crippen LogP contribution in [0.2, 0.25) is 0 Å². The van der Waals surface area contributed by atoms with Gasteiger partial charge >= 0.3 is 5.97 Å². The van der Waals surface area contributed by atoms with Crippen molar-refractivity contribution >= 4 is 5.97 Å². The monoisotopic (exact) mass is 594 g/mol. The number of rotatable bonds is 35. The Hall–Kier alpha value is -0.850.